The molecule has 3 rings (SSSR count). The van der Waals surface area contributed by atoms with Crippen molar-refractivity contribution in [3.05, 3.63) is 59.2 Å². The van der Waals surface area contributed by atoms with Gasteiger partial charge in [0.15, 0.2) is 11.5 Å². The van der Waals surface area contributed by atoms with Crippen LogP contribution in [0, 0.1) is 0 Å². The van der Waals surface area contributed by atoms with E-state index in [9.17, 15) is 18.4 Å². The van der Waals surface area contributed by atoms with Crippen LogP contribution in [-0.2, 0) is 6.54 Å². The molecule has 1 aliphatic carbocycles. The zero-order valence-electron chi connectivity index (χ0n) is 15.2. The van der Waals surface area contributed by atoms with Gasteiger partial charge in [-0.2, -0.15) is 8.78 Å². The molecule has 0 heterocycles. The zero-order valence-corrected chi connectivity index (χ0v) is 15.2. The van der Waals surface area contributed by atoms with E-state index in [1.807, 2.05) is 0 Å². The van der Waals surface area contributed by atoms with Gasteiger partial charge in [0.05, 0.1) is 7.11 Å². The van der Waals surface area contributed by atoms with Gasteiger partial charge in [0.1, 0.15) is 0 Å². The minimum absolute atomic E-state index is 0.0627. The van der Waals surface area contributed by atoms with Gasteiger partial charge in [-0.15, -0.1) is 0 Å². The third-order valence-electron chi connectivity index (χ3n) is 4.47. The van der Waals surface area contributed by atoms with Crippen molar-refractivity contribution in [3.63, 3.8) is 0 Å². The molecule has 0 aliphatic heterocycles. The maximum Gasteiger partial charge on any atom is 0.387 e. The Kier molecular flexibility index (Phi) is 5.77. The number of hydrogen-bond acceptors (Lipinski definition) is 4. The smallest absolute Gasteiger partial charge is 0.387 e. The summed E-state index contributed by atoms with van der Waals surface area (Å²) in [5.74, 6) is -0.815. The van der Waals surface area contributed by atoms with Gasteiger partial charge in [0.25, 0.3) is 5.91 Å². The lowest BCUT2D eigenvalue weighted by molar-refractivity contribution is -0.0512. The molecule has 2 amide bonds. The maximum atomic E-state index is 13.0. The van der Waals surface area contributed by atoms with Crippen LogP contribution in [0.5, 0.6) is 11.5 Å². The van der Waals surface area contributed by atoms with E-state index < -0.39 is 12.5 Å². The van der Waals surface area contributed by atoms with E-state index in [1.54, 1.807) is 29.2 Å². The average molecular weight is 390 g/mol. The van der Waals surface area contributed by atoms with Crippen molar-refractivity contribution in [1.29, 1.82) is 0 Å². The summed E-state index contributed by atoms with van der Waals surface area (Å²) in [5, 5.41) is 0. The first-order chi connectivity index (χ1) is 13.4. The van der Waals surface area contributed by atoms with Crippen LogP contribution in [0.3, 0.4) is 0 Å². The Morgan fingerprint density at radius 2 is 1.75 bits per heavy atom. The molecule has 0 unspecified atom stereocenters. The maximum absolute atomic E-state index is 13.0. The van der Waals surface area contributed by atoms with Crippen LogP contribution in [0.15, 0.2) is 42.5 Å². The third-order valence-corrected chi connectivity index (χ3v) is 4.47. The van der Waals surface area contributed by atoms with Crippen LogP contribution in [-0.4, -0.2) is 36.5 Å². The Bertz CT molecular complexity index is 867. The van der Waals surface area contributed by atoms with Crippen molar-refractivity contribution >= 4 is 11.8 Å². The predicted octanol–water partition coefficient (Wildman–Crippen LogP) is 3.20. The van der Waals surface area contributed by atoms with E-state index in [4.69, 9.17) is 10.5 Å². The van der Waals surface area contributed by atoms with Gasteiger partial charge in [0.2, 0.25) is 5.91 Å². The Hall–Kier alpha value is -3.16. The fraction of sp³-hybridized carbons (Fsp3) is 0.300. The largest absolute Gasteiger partial charge is 0.493 e. The molecule has 0 spiro atoms. The second-order valence-electron chi connectivity index (χ2n) is 6.47. The topological polar surface area (TPSA) is 81.9 Å². The van der Waals surface area contributed by atoms with Crippen molar-refractivity contribution in [2.45, 2.75) is 32.0 Å². The molecule has 2 N–H and O–H groups in total. The summed E-state index contributed by atoms with van der Waals surface area (Å²) < 4.78 is 34.4. The first kappa shape index (κ1) is 19.6. The van der Waals surface area contributed by atoms with Crippen molar-refractivity contribution in [2.24, 2.45) is 5.73 Å². The molecule has 148 valence electrons. The van der Waals surface area contributed by atoms with Crippen molar-refractivity contribution in [2.75, 3.05) is 7.11 Å². The summed E-state index contributed by atoms with van der Waals surface area (Å²) in [5.41, 5.74) is 6.82. The van der Waals surface area contributed by atoms with Crippen molar-refractivity contribution in [3.8, 4) is 11.5 Å². The van der Waals surface area contributed by atoms with Crippen LogP contribution in [0.2, 0.25) is 0 Å². The Balaban J connectivity index is 1.80. The molecule has 0 bridgehead atoms. The number of carbonyl (C=O) groups is 2. The molecule has 2 aromatic rings. The number of benzene rings is 2. The standard InChI is InChI=1S/C20H20F2N2O4/c1-27-17-10-14(6-9-16(17)28-20(21)22)19(26)24(15-7-8-15)11-12-2-4-13(5-3-12)18(23)25/h2-6,9-10,15,20H,7-8,11H2,1H3,(H2,23,25). The molecular formula is C20H20F2N2O4. The highest BCUT2D eigenvalue weighted by molar-refractivity contribution is 5.95. The van der Waals surface area contributed by atoms with E-state index in [0.29, 0.717) is 17.7 Å². The molecule has 1 fully saturated rings. The molecule has 0 aromatic heterocycles. The summed E-state index contributed by atoms with van der Waals surface area (Å²) in [7, 11) is 1.32. The summed E-state index contributed by atoms with van der Waals surface area (Å²) in [6.07, 6.45) is 1.80. The Morgan fingerprint density at radius 3 is 2.29 bits per heavy atom. The Labute approximate surface area is 160 Å². The quantitative estimate of drug-likeness (QED) is 0.751. The van der Waals surface area contributed by atoms with Gasteiger partial charge in [-0.25, -0.2) is 0 Å². The monoisotopic (exact) mass is 390 g/mol. The molecule has 1 aliphatic rings. The summed E-state index contributed by atoms with van der Waals surface area (Å²) in [4.78, 5) is 25.9. The molecule has 0 radical (unpaired) electrons. The Morgan fingerprint density at radius 1 is 1.11 bits per heavy atom. The number of hydrogen-bond donors (Lipinski definition) is 1. The molecule has 0 saturated heterocycles. The normalized spacial score (nSPS) is 13.3. The van der Waals surface area contributed by atoms with E-state index in [2.05, 4.69) is 4.74 Å². The lowest BCUT2D eigenvalue weighted by atomic mass is 10.1. The van der Waals surface area contributed by atoms with Gasteiger partial charge in [-0.1, -0.05) is 12.1 Å². The number of amides is 2. The number of alkyl halides is 2. The molecule has 1 saturated carbocycles. The van der Waals surface area contributed by atoms with Crippen LogP contribution >= 0.6 is 0 Å². The average Bonchev–Trinajstić information content (AvgIpc) is 3.51. The summed E-state index contributed by atoms with van der Waals surface area (Å²) in [6.45, 7) is -2.62. The number of halogens is 2. The summed E-state index contributed by atoms with van der Waals surface area (Å²) >= 11 is 0. The SMILES string of the molecule is COc1cc(C(=O)N(Cc2ccc(C(N)=O)cc2)C2CC2)ccc1OC(F)F. The lowest BCUT2D eigenvalue weighted by Crippen LogP contribution is -2.32. The second kappa shape index (κ2) is 8.24. The number of nitrogens with zero attached hydrogens (tertiary/aromatic N) is 1. The minimum Gasteiger partial charge on any atom is -0.493 e. The number of ether oxygens (including phenoxy) is 2. The number of nitrogens with two attached hydrogens (primary N) is 1. The molecule has 8 heteroatoms. The molecule has 0 atom stereocenters. The van der Waals surface area contributed by atoms with Gasteiger partial charge in [-0.05, 0) is 48.7 Å². The fourth-order valence-electron chi connectivity index (χ4n) is 2.88. The van der Waals surface area contributed by atoms with Gasteiger partial charge < -0.3 is 20.1 Å². The van der Waals surface area contributed by atoms with Crippen molar-refractivity contribution < 1.29 is 27.8 Å². The number of methoxy groups -OCH3 is 1. The molecule has 28 heavy (non-hydrogen) atoms. The zero-order chi connectivity index (χ0) is 20.3. The third kappa shape index (κ3) is 4.57. The highest BCUT2D eigenvalue weighted by Gasteiger charge is 2.33. The number of rotatable bonds is 8. The van der Waals surface area contributed by atoms with Gasteiger partial charge >= 0.3 is 6.61 Å². The summed E-state index contributed by atoms with van der Waals surface area (Å²) in [6, 6.07) is 11.0. The first-order valence-electron chi connectivity index (χ1n) is 8.71. The van der Waals surface area contributed by atoms with E-state index in [1.165, 1.54) is 25.3 Å². The number of carbonyl (C=O) groups excluding carboxylic acids is 2. The highest BCUT2D eigenvalue weighted by atomic mass is 19.3. The lowest BCUT2D eigenvalue weighted by Gasteiger charge is -2.23. The van der Waals surface area contributed by atoms with Gasteiger partial charge in [0, 0.05) is 23.7 Å². The fourth-order valence-corrected chi connectivity index (χ4v) is 2.88. The van der Waals surface area contributed by atoms with E-state index >= 15 is 0 Å². The predicted molar refractivity (Wildman–Crippen MR) is 97.5 cm³/mol. The van der Waals surface area contributed by atoms with Gasteiger partial charge in [-0.3, -0.25) is 9.59 Å². The molecule has 2 aromatic carbocycles. The van der Waals surface area contributed by atoms with Crippen LogP contribution in [0.4, 0.5) is 8.78 Å². The highest BCUT2D eigenvalue weighted by Crippen LogP contribution is 2.33. The van der Waals surface area contributed by atoms with Crippen LogP contribution < -0.4 is 15.2 Å². The second-order valence-corrected chi connectivity index (χ2v) is 6.47. The first-order valence-corrected chi connectivity index (χ1v) is 8.71. The van der Waals surface area contributed by atoms with E-state index in [-0.39, 0.29) is 23.4 Å². The van der Waals surface area contributed by atoms with Crippen molar-refractivity contribution in [1.82, 2.24) is 4.90 Å². The number of primary amides is 1. The molecular weight excluding hydrogens is 370 g/mol. The van der Waals surface area contributed by atoms with Crippen LogP contribution in [0.1, 0.15) is 39.1 Å². The van der Waals surface area contributed by atoms with E-state index in [0.717, 1.165) is 18.4 Å². The minimum atomic E-state index is -2.98. The molecule has 6 nitrogen and oxygen atoms in total. The van der Waals surface area contributed by atoms with Crippen LogP contribution in [0.25, 0.3) is 0 Å².